The van der Waals surface area contributed by atoms with Crippen LogP contribution in [0.1, 0.15) is 25.8 Å². The summed E-state index contributed by atoms with van der Waals surface area (Å²) in [5, 5.41) is 3.04. The van der Waals surface area contributed by atoms with Gasteiger partial charge in [-0.1, -0.05) is 28.9 Å². The molecule has 0 aromatic heterocycles. The normalized spacial score (nSPS) is 14.1. The van der Waals surface area contributed by atoms with Crippen molar-refractivity contribution in [1.82, 2.24) is 5.32 Å². The number of methoxy groups -OCH3 is 1. The summed E-state index contributed by atoms with van der Waals surface area (Å²) in [6.45, 7) is 4.20. The number of nitrogens with one attached hydrogen (secondary N) is 1. The van der Waals surface area contributed by atoms with Crippen LogP contribution in [-0.2, 0) is 15.1 Å². The monoisotopic (exact) mass is 317 g/mol. The average Bonchev–Trinajstić information content (AvgIpc) is 2.34. The summed E-state index contributed by atoms with van der Waals surface area (Å²) in [6, 6.07) is 4.62. The van der Waals surface area contributed by atoms with Gasteiger partial charge in [0.15, 0.2) is 0 Å². The average molecular weight is 318 g/mol. The lowest BCUT2D eigenvalue weighted by Crippen LogP contribution is -2.48. The molecule has 1 atom stereocenters. The second-order valence-electron chi connectivity index (χ2n) is 4.17. The van der Waals surface area contributed by atoms with E-state index in [1.807, 2.05) is 6.92 Å². The number of hydrogen-bond donors (Lipinski definition) is 1. The Hall–Kier alpha value is -0.940. The second-order valence-corrected chi connectivity index (χ2v) is 5.08. The number of halogens is 2. The van der Waals surface area contributed by atoms with Gasteiger partial charge in [-0.3, -0.25) is 5.32 Å². The van der Waals surface area contributed by atoms with Gasteiger partial charge in [-0.15, -0.1) is 0 Å². The molecule has 18 heavy (non-hydrogen) atoms. The van der Waals surface area contributed by atoms with Crippen LogP contribution in [0.3, 0.4) is 0 Å². The lowest BCUT2D eigenvalue weighted by atomic mass is 9.91. The minimum atomic E-state index is -1.17. The van der Waals surface area contributed by atoms with Crippen LogP contribution in [0.5, 0.6) is 0 Å². The van der Waals surface area contributed by atoms with Gasteiger partial charge in [-0.25, -0.2) is 9.18 Å². The first-order chi connectivity index (χ1) is 8.45. The highest BCUT2D eigenvalue weighted by atomic mass is 79.9. The van der Waals surface area contributed by atoms with Crippen molar-refractivity contribution in [2.75, 3.05) is 13.7 Å². The van der Waals surface area contributed by atoms with Crippen molar-refractivity contribution < 1.29 is 13.9 Å². The molecule has 1 unspecified atom stereocenters. The molecule has 0 aliphatic heterocycles. The number of hydrogen-bond acceptors (Lipinski definition) is 3. The van der Waals surface area contributed by atoms with Gasteiger partial charge < -0.3 is 4.74 Å². The fourth-order valence-corrected chi connectivity index (χ4v) is 2.08. The maximum Gasteiger partial charge on any atom is 0.330 e. The van der Waals surface area contributed by atoms with E-state index in [-0.39, 0.29) is 5.56 Å². The topological polar surface area (TPSA) is 38.3 Å². The summed E-state index contributed by atoms with van der Waals surface area (Å²) in [7, 11) is 1.30. The zero-order valence-corrected chi connectivity index (χ0v) is 12.3. The standard InChI is InChI=1S/C13H17BrFNO2/c1-4-7-16-13(2,12(17)18-3)10-6-5-9(14)8-11(10)15/h5-6,8,16H,4,7H2,1-3H3. The number of esters is 1. The molecule has 5 heteroatoms. The first-order valence-corrected chi connectivity index (χ1v) is 6.54. The van der Waals surface area contributed by atoms with Crippen molar-refractivity contribution in [3.05, 3.63) is 34.1 Å². The van der Waals surface area contributed by atoms with Gasteiger partial charge >= 0.3 is 5.97 Å². The second kappa shape index (κ2) is 6.29. The Labute approximate surface area is 115 Å². The molecule has 0 heterocycles. The number of rotatable bonds is 5. The van der Waals surface area contributed by atoms with Crippen LogP contribution < -0.4 is 5.32 Å². The third-order valence-electron chi connectivity index (χ3n) is 2.79. The molecule has 0 bridgehead atoms. The van der Waals surface area contributed by atoms with Crippen molar-refractivity contribution in [3.63, 3.8) is 0 Å². The number of ether oxygens (including phenoxy) is 1. The van der Waals surface area contributed by atoms with Crippen LogP contribution >= 0.6 is 15.9 Å². The van der Waals surface area contributed by atoms with Crippen LogP contribution in [0.4, 0.5) is 4.39 Å². The Morgan fingerprint density at radius 1 is 1.56 bits per heavy atom. The van der Waals surface area contributed by atoms with Crippen LogP contribution in [0, 0.1) is 5.82 Å². The largest absolute Gasteiger partial charge is 0.467 e. The SMILES string of the molecule is CCCNC(C)(C(=O)OC)c1ccc(Br)cc1F. The lowest BCUT2D eigenvalue weighted by Gasteiger charge is -2.28. The van der Waals surface area contributed by atoms with Gasteiger partial charge in [-0.05, 0) is 32.0 Å². The molecule has 0 aliphatic rings. The first kappa shape index (κ1) is 15.1. The maximum atomic E-state index is 14.0. The zero-order chi connectivity index (χ0) is 13.8. The van der Waals surface area contributed by atoms with Crippen molar-refractivity contribution >= 4 is 21.9 Å². The molecule has 1 aromatic carbocycles. The summed E-state index contributed by atoms with van der Waals surface area (Å²) in [4.78, 5) is 11.9. The van der Waals surface area contributed by atoms with E-state index in [0.717, 1.165) is 6.42 Å². The van der Waals surface area contributed by atoms with Gasteiger partial charge in [0, 0.05) is 10.0 Å². The predicted octanol–water partition coefficient (Wildman–Crippen LogP) is 2.98. The van der Waals surface area contributed by atoms with Crippen LogP contribution in [0.25, 0.3) is 0 Å². The van der Waals surface area contributed by atoms with Gasteiger partial charge in [0.05, 0.1) is 7.11 Å². The van der Waals surface area contributed by atoms with Gasteiger partial charge in [0.25, 0.3) is 0 Å². The molecule has 0 fully saturated rings. The van der Waals surface area contributed by atoms with E-state index in [0.29, 0.717) is 11.0 Å². The van der Waals surface area contributed by atoms with Crippen molar-refractivity contribution in [2.24, 2.45) is 0 Å². The Morgan fingerprint density at radius 3 is 2.72 bits per heavy atom. The summed E-state index contributed by atoms with van der Waals surface area (Å²) in [5.74, 6) is -0.946. The van der Waals surface area contributed by atoms with E-state index in [1.54, 1.807) is 19.1 Å². The van der Waals surface area contributed by atoms with Gasteiger partial charge in [0.2, 0.25) is 0 Å². The molecule has 100 valence electrons. The Bertz CT molecular complexity index is 439. The summed E-state index contributed by atoms with van der Waals surface area (Å²) >= 11 is 3.19. The molecule has 0 radical (unpaired) electrons. The highest BCUT2D eigenvalue weighted by Gasteiger charge is 2.37. The molecule has 1 N–H and O–H groups in total. The fourth-order valence-electron chi connectivity index (χ4n) is 1.75. The third-order valence-corrected chi connectivity index (χ3v) is 3.29. The molecule has 1 rings (SSSR count). The lowest BCUT2D eigenvalue weighted by molar-refractivity contribution is -0.148. The fraction of sp³-hybridized carbons (Fsp3) is 0.462. The van der Waals surface area contributed by atoms with E-state index >= 15 is 0 Å². The van der Waals surface area contributed by atoms with Crippen molar-refractivity contribution in [2.45, 2.75) is 25.8 Å². The van der Waals surface area contributed by atoms with E-state index < -0.39 is 17.3 Å². The molecule has 0 amide bonds. The number of carbonyl (C=O) groups is 1. The molecule has 0 aliphatic carbocycles. The molecule has 3 nitrogen and oxygen atoms in total. The number of carbonyl (C=O) groups excluding carboxylic acids is 1. The van der Waals surface area contributed by atoms with E-state index in [4.69, 9.17) is 4.74 Å². The summed E-state index contributed by atoms with van der Waals surface area (Å²) < 4.78 is 19.4. The number of benzene rings is 1. The summed E-state index contributed by atoms with van der Waals surface area (Å²) in [5.41, 5.74) is -0.888. The first-order valence-electron chi connectivity index (χ1n) is 5.74. The minimum Gasteiger partial charge on any atom is -0.467 e. The minimum absolute atomic E-state index is 0.283. The molecular weight excluding hydrogens is 301 g/mol. The highest BCUT2D eigenvalue weighted by molar-refractivity contribution is 9.10. The predicted molar refractivity (Wildman–Crippen MR) is 71.8 cm³/mol. The smallest absolute Gasteiger partial charge is 0.330 e. The summed E-state index contributed by atoms with van der Waals surface area (Å²) in [6.07, 6.45) is 0.838. The molecular formula is C13H17BrFNO2. The van der Waals surface area contributed by atoms with Crippen LogP contribution in [-0.4, -0.2) is 19.6 Å². The molecule has 0 spiro atoms. The quantitative estimate of drug-likeness (QED) is 0.848. The highest BCUT2D eigenvalue weighted by Crippen LogP contribution is 2.27. The third kappa shape index (κ3) is 3.09. The maximum absolute atomic E-state index is 14.0. The van der Waals surface area contributed by atoms with Gasteiger partial charge in [0.1, 0.15) is 11.4 Å². The van der Waals surface area contributed by atoms with E-state index in [1.165, 1.54) is 13.2 Å². The molecule has 0 saturated carbocycles. The van der Waals surface area contributed by atoms with E-state index in [9.17, 15) is 9.18 Å². The molecule has 1 aromatic rings. The Balaban J connectivity index is 3.20. The zero-order valence-electron chi connectivity index (χ0n) is 10.7. The Morgan fingerprint density at radius 2 is 2.22 bits per heavy atom. The van der Waals surface area contributed by atoms with Crippen LogP contribution in [0.15, 0.2) is 22.7 Å². The van der Waals surface area contributed by atoms with E-state index in [2.05, 4.69) is 21.2 Å². The Kier molecular flexibility index (Phi) is 5.28. The van der Waals surface area contributed by atoms with Crippen molar-refractivity contribution in [1.29, 1.82) is 0 Å². The van der Waals surface area contributed by atoms with Crippen molar-refractivity contribution in [3.8, 4) is 0 Å². The molecule has 0 saturated heterocycles. The van der Waals surface area contributed by atoms with Crippen LogP contribution in [0.2, 0.25) is 0 Å². The van der Waals surface area contributed by atoms with Gasteiger partial charge in [-0.2, -0.15) is 0 Å².